The van der Waals surface area contributed by atoms with Crippen molar-refractivity contribution in [3.05, 3.63) is 57.0 Å². The second kappa shape index (κ2) is 6.96. The van der Waals surface area contributed by atoms with Gasteiger partial charge in [0, 0.05) is 15.6 Å². The van der Waals surface area contributed by atoms with Crippen molar-refractivity contribution in [2.24, 2.45) is 0 Å². The Labute approximate surface area is 137 Å². The molecule has 0 saturated carbocycles. The van der Waals surface area contributed by atoms with Crippen molar-refractivity contribution in [3.63, 3.8) is 0 Å². The average Bonchev–Trinajstić information content (AvgIpc) is 2.46. The third kappa shape index (κ3) is 3.99. The molecule has 0 aliphatic carbocycles. The summed E-state index contributed by atoms with van der Waals surface area (Å²) in [6.45, 7) is 1.80. The molecule has 0 heterocycles. The normalized spacial score (nSPS) is 10.3. The maximum absolute atomic E-state index is 11.5. The molecule has 0 bridgehead atoms. The molecule has 5 heteroatoms. The molecule has 0 unspecified atom stereocenters. The van der Waals surface area contributed by atoms with Gasteiger partial charge in [-0.05, 0) is 43.3 Å². The van der Waals surface area contributed by atoms with Gasteiger partial charge in [-0.25, -0.2) is 0 Å². The standard InChI is InChI=1S/C16H14BrClO3/c1-10(19)11-3-5-15(20-2)12(7-11)9-21-16-6-4-13(17)8-14(16)18/h3-8H,9H2,1-2H3. The number of hydrogen-bond acceptors (Lipinski definition) is 3. The summed E-state index contributed by atoms with van der Waals surface area (Å²) in [5.41, 5.74) is 1.42. The minimum absolute atomic E-state index is 0.000534. The van der Waals surface area contributed by atoms with Crippen molar-refractivity contribution in [1.82, 2.24) is 0 Å². The van der Waals surface area contributed by atoms with Crippen molar-refractivity contribution in [2.45, 2.75) is 13.5 Å². The van der Waals surface area contributed by atoms with Crippen molar-refractivity contribution in [3.8, 4) is 11.5 Å². The third-order valence-corrected chi connectivity index (χ3v) is 3.75. The summed E-state index contributed by atoms with van der Waals surface area (Å²) in [5, 5.41) is 0.520. The Hall–Kier alpha value is -1.52. The number of benzene rings is 2. The fraction of sp³-hybridized carbons (Fsp3) is 0.188. The third-order valence-electron chi connectivity index (χ3n) is 2.96. The monoisotopic (exact) mass is 368 g/mol. The van der Waals surface area contributed by atoms with Gasteiger partial charge in [-0.3, -0.25) is 4.79 Å². The molecule has 0 spiro atoms. The van der Waals surface area contributed by atoms with Crippen LogP contribution in [-0.4, -0.2) is 12.9 Å². The Balaban J connectivity index is 2.22. The van der Waals surface area contributed by atoms with E-state index in [4.69, 9.17) is 21.1 Å². The van der Waals surface area contributed by atoms with Gasteiger partial charge in [0.2, 0.25) is 0 Å². The van der Waals surface area contributed by atoms with E-state index in [9.17, 15) is 4.79 Å². The van der Waals surface area contributed by atoms with Gasteiger partial charge in [0.25, 0.3) is 0 Å². The number of methoxy groups -OCH3 is 1. The van der Waals surface area contributed by atoms with E-state index in [2.05, 4.69) is 15.9 Å². The SMILES string of the molecule is COc1ccc(C(C)=O)cc1COc1ccc(Br)cc1Cl. The quantitative estimate of drug-likeness (QED) is 0.704. The number of Topliss-reactive ketones (excluding diaryl/α,β-unsaturated/α-hetero) is 1. The van der Waals surface area contributed by atoms with Crippen LogP contribution in [0.1, 0.15) is 22.8 Å². The number of carbonyl (C=O) groups excluding carboxylic acids is 1. The summed E-state index contributed by atoms with van der Waals surface area (Å²) >= 11 is 9.45. The minimum Gasteiger partial charge on any atom is -0.496 e. The highest BCUT2D eigenvalue weighted by molar-refractivity contribution is 9.10. The zero-order valence-electron chi connectivity index (χ0n) is 11.7. The topological polar surface area (TPSA) is 35.5 Å². The Morgan fingerprint density at radius 1 is 1.19 bits per heavy atom. The van der Waals surface area contributed by atoms with Crippen LogP contribution in [0, 0.1) is 0 Å². The van der Waals surface area contributed by atoms with Crippen LogP contribution < -0.4 is 9.47 Å². The number of rotatable bonds is 5. The van der Waals surface area contributed by atoms with E-state index in [1.165, 1.54) is 6.92 Å². The van der Waals surface area contributed by atoms with E-state index in [1.54, 1.807) is 37.4 Å². The number of ether oxygens (including phenoxy) is 2. The van der Waals surface area contributed by atoms with Gasteiger partial charge < -0.3 is 9.47 Å². The van der Waals surface area contributed by atoms with Crippen molar-refractivity contribution in [2.75, 3.05) is 7.11 Å². The molecule has 0 saturated heterocycles. The molecule has 0 atom stereocenters. The molecule has 0 N–H and O–H groups in total. The van der Waals surface area contributed by atoms with Gasteiger partial charge >= 0.3 is 0 Å². The Kier molecular flexibility index (Phi) is 5.26. The second-order valence-electron chi connectivity index (χ2n) is 4.45. The van der Waals surface area contributed by atoms with E-state index in [-0.39, 0.29) is 12.4 Å². The molecule has 0 aliphatic heterocycles. The van der Waals surface area contributed by atoms with Gasteiger partial charge in [0.15, 0.2) is 5.78 Å². The molecule has 110 valence electrons. The molecule has 0 amide bonds. The smallest absolute Gasteiger partial charge is 0.159 e. The van der Waals surface area contributed by atoms with Crippen LogP contribution in [0.4, 0.5) is 0 Å². The molecule has 21 heavy (non-hydrogen) atoms. The van der Waals surface area contributed by atoms with E-state index in [1.807, 2.05) is 6.07 Å². The predicted molar refractivity (Wildman–Crippen MR) is 86.5 cm³/mol. The zero-order chi connectivity index (χ0) is 15.4. The maximum atomic E-state index is 11.5. The fourth-order valence-corrected chi connectivity index (χ4v) is 2.59. The Morgan fingerprint density at radius 2 is 1.90 bits per heavy atom. The molecule has 0 aromatic heterocycles. The summed E-state index contributed by atoms with van der Waals surface area (Å²) < 4.78 is 11.9. The van der Waals surface area contributed by atoms with Crippen LogP contribution in [0.25, 0.3) is 0 Å². The Bertz CT molecular complexity index is 671. The van der Waals surface area contributed by atoms with Gasteiger partial charge in [-0.15, -0.1) is 0 Å². The number of halogens is 2. The highest BCUT2D eigenvalue weighted by Gasteiger charge is 2.09. The summed E-state index contributed by atoms with van der Waals surface area (Å²) in [4.78, 5) is 11.5. The lowest BCUT2D eigenvalue weighted by atomic mass is 10.1. The highest BCUT2D eigenvalue weighted by atomic mass is 79.9. The number of ketones is 1. The van der Waals surface area contributed by atoms with Crippen molar-refractivity contribution >= 4 is 33.3 Å². The molecule has 2 aromatic carbocycles. The van der Waals surface area contributed by atoms with Crippen LogP contribution in [0.5, 0.6) is 11.5 Å². The van der Waals surface area contributed by atoms with Gasteiger partial charge in [-0.2, -0.15) is 0 Å². The van der Waals surface area contributed by atoms with E-state index >= 15 is 0 Å². The van der Waals surface area contributed by atoms with Crippen LogP contribution in [-0.2, 0) is 6.61 Å². The van der Waals surface area contributed by atoms with Crippen LogP contribution in [0.15, 0.2) is 40.9 Å². The van der Waals surface area contributed by atoms with Crippen LogP contribution in [0.3, 0.4) is 0 Å². The van der Waals surface area contributed by atoms with Crippen molar-refractivity contribution in [1.29, 1.82) is 0 Å². The number of hydrogen-bond donors (Lipinski definition) is 0. The summed E-state index contributed by atoms with van der Waals surface area (Å²) in [6, 6.07) is 10.7. The predicted octanol–water partition coefficient (Wildman–Crippen LogP) is 4.89. The average molecular weight is 370 g/mol. The lowest BCUT2D eigenvalue weighted by molar-refractivity contribution is 0.101. The Morgan fingerprint density at radius 3 is 2.52 bits per heavy atom. The zero-order valence-corrected chi connectivity index (χ0v) is 14.0. The van der Waals surface area contributed by atoms with Crippen LogP contribution in [0.2, 0.25) is 5.02 Å². The maximum Gasteiger partial charge on any atom is 0.159 e. The van der Waals surface area contributed by atoms with E-state index < -0.39 is 0 Å². The molecular formula is C16H14BrClO3. The van der Waals surface area contributed by atoms with Gasteiger partial charge in [0.1, 0.15) is 18.1 Å². The molecule has 0 aliphatic rings. The summed E-state index contributed by atoms with van der Waals surface area (Å²) in [6.07, 6.45) is 0. The first-order valence-electron chi connectivity index (χ1n) is 6.27. The molecule has 2 rings (SSSR count). The molecule has 3 nitrogen and oxygen atoms in total. The molecular weight excluding hydrogens is 356 g/mol. The summed E-state index contributed by atoms with van der Waals surface area (Å²) in [7, 11) is 1.58. The van der Waals surface area contributed by atoms with Crippen molar-refractivity contribution < 1.29 is 14.3 Å². The minimum atomic E-state index is 0.000534. The van der Waals surface area contributed by atoms with Gasteiger partial charge in [-0.1, -0.05) is 27.5 Å². The largest absolute Gasteiger partial charge is 0.496 e. The molecule has 0 fully saturated rings. The second-order valence-corrected chi connectivity index (χ2v) is 5.77. The van der Waals surface area contributed by atoms with E-state index in [0.717, 1.165) is 10.0 Å². The summed E-state index contributed by atoms with van der Waals surface area (Å²) in [5.74, 6) is 1.25. The molecule has 0 radical (unpaired) electrons. The lowest BCUT2D eigenvalue weighted by Crippen LogP contribution is -2.02. The van der Waals surface area contributed by atoms with Crippen LogP contribution >= 0.6 is 27.5 Å². The van der Waals surface area contributed by atoms with Gasteiger partial charge in [0.05, 0.1) is 12.1 Å². The first-order valence-corrected chi connectivity index (χ1v) is 7.44. The molecule has 2 aromatic rings. The lowest BCUT2D eigenvalue weighted by Gasteiger charge is -2.12. The fourth-order valence-electron chi connectivity index (χ4n) is 1.86. The number of carbonyl (C=O) groups is 1. The first-order chi connectivity index (χ1) is 10.0. The first kappa shape index (κ1) is 15.9. The van der Waals surface area contributed by atoms with E-state index in [0.29, 0.717) is 22.1 Å². The highest BCUT2D eigenvalue weighted by Crippen LogP contribution is 2.29.